The van der Waals surface area contributed by atoms with Crippen LogP contribution in [0, 0.1) is 0 Å². The third kappa shape index (κ3) is 3.10. The van der Waals surface area contributed by atoms with E-state index in [0.29, 0.717) is 6.61 Å². The number of hydrogen-bond donors (Lipinski definition) is 0. The number of benzene rings is 1. The van der Waals surface area contributed by atoms with Crippen LogP contribution in [0.4, 0.5) is 0 Å². The number of hydrogen-bond acceptors (Lipinski definition) is 1. The molecule has 0 aliphatic heterocycles. The molecule has 0 bridgehead atoms. The lowest BCUT2D eigenvalue weighted by molar-refractivity contribution is 0.182. The monoisotopic (exact) mass is 266 g/mol. The third-order valence-electron chi connectivity index (χ3n) is 2.62. The second-order valence-electron chi connectivity index (χ2n) is 3.80. The van der Waals surface area contributed by atoms with E-state index < -0.39 is 0 Å². The summed E-state index contributed by atoms with van der Waals surface area (Å²) in [7, 11) is 0. The fraction of sp³-hybridized carbons (Fsp3) is 0.385. The van der Waals surface area contributed by atoms with Crippen LogP contribution in [-0.2, 0) is 11.3 Å². The van der Waals surface area contributed by atoms with E-state index in [2.05, 4.69) is 28.1 Å². The van der Waals surface area contributed by atoms with E-state index in [1.54, 1.807) is 0 Å². The standard InChI is InChI=1S/C13H15BrO/c14-13-9-5-4-6-11(13)10-15-12-7-2-1-3-8-12/h4-7,9H,1-3,8,10H2. The van der Waals surface area contributed by atoms with E-state index in [1.807, 2.05) is 18.2 Å². The Morgan fingerprint density at radius 1 is 1.20 bits per heavy atom. The van der Waals surface area contributed by atoms with Crippen molar-refractivity contribution < 1.29 is 4.74 Å². The maximum atomic E-state index is 5.78. The highest BCUT2D eigenvalue weighted by molar-refractivity contribution is 9.10. The van der Waals surface area contributed by atoms with Gasteiger partial charge < -0.3 is 4.74 Å². The summed E-state index contributed by atoms with van der Waals surface area (Å²) in [6.07, 6.45) is 7.07. The van der Waals surface area contributed by atoms with Gasteiger partial charge in [-0.2, -0.15) is 0 Å². The SMILES string of the molecule is Brc1ccccc1COC1=CCCCC1. The van der Waals surface area contributed by atoms with Gasteiger partial charge in [0.1, 0.15) is 6.61 Å². The summed E-state index contributed by atoms with van der Waals surface area (Å²) in [5, 5.41) is 0. The van der Waals surface area contributed by atoms with Crippen LogP contribution in [-0.4, -0.2) is 0 Å². The minimum absolute atomic E-state index is 0.674. The van der Waals surface area contributed by atoms with E-state index >= 15 is 0 Å². The average molecular weight is 267 g/mol. The van der Waals surface area contributed by atoms with Crippen molar-refractivity contribution in [2.75, 3.05) is 0 Å². The van der Waals surface area contributed by atoms with Gasteiger partial charge >= 0.3 is 0 Å². The molecule has 0 unspecified atom stereocenters. The third-order valence-corrected chi connectivity index (χ3v) is 3.39. The summed E-state index contributed by atoms with van der Waals surface area (Å²) < 4.78 is 6.91. The van der Waals surface area contributed by atoms with Crippen LogP contribution in [0.1, 0.15) is 31.2 Å². The van der Waals surface area contributed by atoms with E-state index in [1.165, 1.54) is 24.8 Å². The molecule has 15 heavy (non-hydrogen) atoms. The van der Waals surface area contributed by atoms with Crippen LogP contribution < -0.4 is 0 Å². The summed E-state index contributed by atoms with van der Waals surface area (Å²) in [4.78, 5) is 0. The predicted molar refractivity (Wildman–Crippen MR) is 65.5 cm³/mol. The Kier molecular flexibility index (Phi) is 3.84. The predicted octanol–water partition coefficient (Wildman–Crippen LogP) is 4.42. The molecule has 0 saturated carbocycles. The molecule has 0 aromatic heterocycles. The van der Waals surface area contributed by atoms with Gasteiger partial charge in [-0.3, -0.25) is 0 Å². The fourth-order valence-corrected chi connectivity index (χ4v) is 2.12. The molecule has 1 aromatic carbocycles. The second kappa shape index (κ2) is 5.36. The number of halogens is 1. The molecule has 0 N–H and O–H groups in total. The highest BCUT2D eigenvalue weighted by atomic mass is 79.9. The molecule has 0 amide bonds. The number of allylic oxidation sites excluding steroid dienone is 2. The summed E-state index contributed by atoms with van der Waals surface area (Å²) in [5.74, 6) is 1.16. The second-order valence-corrected chi connectivity index (χ2v) is 4.65. The Morgan fingerprint density at radius 3 is 2.80 bits per heavy atom. The van der Waals surface area contributed by atoms with Gasteiger partial charge in [-0.05, 0) is 31.4 Å². The molecule has 0 saturated heterocycles. The van der Waals surface area contributed by atoms with Crippen molar-refractivity contribution in [2.24, 2.45) is 0 Å². The van der Waals surface area contributed by atoms with Crippen molar-refractivity contribution in [3.8, 4) is 0 Å². The van der Waals surface area contributed by atoms with E-state index in [9.17, 15) is 0 Å². The quantitative estimate of drug-likeness (QED) is 0.787. The van der Waals surface area contributed by atoms with Crippen LogP contribution >= 0.6 is 15.9 Å². The minimum atomic E-state index is 0.674. The molecule has 0 fully saturated rings. The number of ether oxygens (including phenoxy) is 1. The molecule has 0 atom stereocenters. The first-order valence-corrected chi connectivity index (χ1v) is 6.21. The zero-order valence-electron chi connectivity index (χ0n) is 8.71. The first-order valence-electron chi connectivity index (χ1n) is 5.41. The highest BCUT2D eigenvalue weighted by Crippen LogP contribution is 2.22. The maximum Gasteiger partial charge on any atom is 0.114 e. The van der Waals surface area contributed by atoms with Gasteiger partial charge in [0.05, 0.1) is 5.76 Å². The summed E-state index contributed by atoms with van der Waals surface area (Å²) in [6, 6.07) is 8.20. The number of rotatable bonds is 3. The lowest BCUT2D eigenvalue weighted by Crippen LogP contribution is -1.98. The van der Waals surface area contributed by atoms with Gasteiger partial charge in [0.15, 0.2) is 0 Å². The summed E-state index contributed by atoms with van der Waals surface area (Å²) in [5.41, 5.74) is 1.21. The Labute approximate surface area is 99.3 Å². The Bertz CT molecular complexity index is 357. The van der Waals surface area contributed by atoms with Gasteiger partial charge in [-0.1, -0.05) is 34.1 Å². The Balaban J connectivity index is 1.93. The first-order chi connectivity index (χ1) is 7.36. The van der Waals surface area contributed by atoms with Gasteiger partial charge in [0.2, 0.25) is 0 Å². The molecule has 0 radical (unpaired) electrons. The zero-order chi connectivity index (χ0) is 10.5. The molecule has 2 heteroatoms. The van der Waals surface area contributed by atoms with Crippen molar-refractivity contribution in [3.05, 3.63) is 46.1 Å². The zero-order valence-corrected chi connectivity index (χ0v) is 10.3. The molecule has 1 aliphatic rings. The van der Waals surface area contributed by atoms with E-state index in [0.717, 1.165) is 16.7 Å². The van der Waals surface area contributed by atoms with Gasteiger partial charge in [-0.25, -0.2) is 0 Å². The van der Waals surface area contributed by atoms with Crippen molar-refractivity contribution in [1.29, 1.82) is 0 Å². The first kappa shape index (κ1) is 10.7. The summed E-state index contributed by atoms with van der Waals surface area (Å²) >= 11 is 3.52. The van der Waals surface area contributed by atoms with Crippen LogP contribution in [0.15, 0.2) is 40.6 Å². The molecule has 80 valence electrons. The molecular formula is C13H15BrO. The Hall–Kier alpha value is -0.760. The van der Waals surface area contributed by atoms with Crippen molar-refractivity contribution in [3.63, 3.8) is 0 Å². The molecule has 1 nitrogen and oxygen atoms in total. The van der Waals surface area contributed by atoms with Crippen molar-refractivity contribution in [1.82, 2.24) is 0 Å². The van der Waals surface area contributed by atoms with Crippen LogP contribution in [0.3, 0.4) is 0 Å². The average Bonchev–Trinajstić information content (AvgIpc) is 2.29. The smallest absolute Gasteiger partial charge is 0.114 e. The minimum Gasteiger partial charge on any atom is -0.494 e. The van der Waals surface area contributed by atoms with Gasteiger partial charge in [0, 0.05) is 16.5 Å². The largest absolute Gasteiger partial charge is 0.494 e. The van der Waals surface area contributed by atoms with E-state index in [-0.39, 0.29) is 0 Å². The van der Waals surface area contributed by atoms with Crippen LogP contribution in [0.5, 0.6) is 0 Å². The Morgan fingerprint density at radius 2 is 2.07 bits per heavy atom. The maximum absolute atomic E-state index is 5.78. The molecule has 0 heterocycles. The topological polar surface area (TPSA) is 9.23 Å². The van der Waals surface area contributed by atoms with Crippen molar-refractivity contribution >= 4 is 15.9 Å². The summed E-state index contributed by atoms with van der Waals surface area (Å²) in [6.45, 7) is 0.674. The van der Waals surface area contributed by atoms with E-state index in [4.69, 9.17) is 4.74 Å². The van der Waals surface area contributed by atoms with Gasteiger partial charge in [0.25, 0.3) is 0 Å². The van der Waals surface area contributed by atoms with Gasteiger partial charge in [-0.15, -0.1) is 0 Å². The van der Waals surface area contributed by atoms with Crippen LogP contribution in [0.25, 0.3) is 0 Å². The molecule has 1 aromatic rings. The molecule has 0 spiro atoms. The van der Waals surface area contributed by atoms with Crippen LogP contribution in [0.2, 0.25) is 0 Å². The fourth-order valence-electron chi connectivity index (χ4n) is 1.73. The molecule has 1 aliphatic carbocycles. The highest BCUT2D eigenvalue weighted by Gasteiger charge is 2.05. The lowest BCUT2D eigenvalue weighted by Gasteiger charge is -2.14. The normalized spacial score (nSPS) is 15.9. The molecular weight excluding hydrogens is 252 g/mol. The van der Waals surface area contributed by atoms with Crippen molar-refractivity contribution in [2.45, 2.75) is 32.3 Å². The molecule has 2 rings (SSSR count). The lowest BCUT2D eigenvalue weighted by atomic mass is 10.1.